The van der Waals surface area contributed by atoms with Crippen molar-refractivity contribution in [3.05, 3.63) is 0 Å². The quantitative estimate of drug-likeness (QED) is 0.605. The zero-order valence-corrected chi connectivity index (χ0v) is 12.4. The third kappa shape index (κ3) is 3.76. The van der Waals surface area contributed by atoms with Crippen LogP contribution < -0.4 is 0 Å². The minimum Gasteiger partial charge on any atom is -0.0888 e. The van der Waals surface area contributed by atoms with E-state index in [9.17, 15) is 0 Å². The molecule has 0 aromatic heterocycles. The first kappa shape index (κ1) is 13.5. The summed E-state index contributed by atoms with van der Waals surface area (Å²) >= 11 is 3.93. The van der Waals surface area contributed by atoms with Crippen LogP contribution in [0.1, 0.15) is 66.2 Å². The molecular formula is C14H27Br. The van der Waals surface area contributed by atoms with Crippen LogP contribution in [0.25, 0.3) is 0 Å². The fourth-order valence-corrected chi connectivity index (χ4v) is 4.25. The smallest absolute Gasteiger partial charge is 0.0176 e. The molecule has 0 bridgehead atoms. The molecule has 15 heavy (non-hydrogen) atoms. The fraction of sp³-hybridized carbons (Fsp3) is 1.00. The summed E-state index contributed by atoms with van der Waals surface area (Å²) in [7, 11) is 0. The highest BCUT2D eigenvalue weighted by atomic mass is 79.9. The van der Waals surface area contributed by atoms with Crippen molar-refractivity contribution in [1.29, 1.82) is 0 Å². The van der Waals surface area contributed by atoms with Crippen LogP contribution in [0.5, 0.6) is 0 Å². The molecule has 1 fully saturated rings. The lowest BCUT2D eigenvalue weighted by molar-refractivity contribution is 0.105. The van der Waals surface area contributed by atoms with Gasteiger partial charge in [0.2, 0.25) is 0 Å². The van der Waals surface area contributed by atoms with E-state index in [1.807, 2.05) is 0 Å². The van der Waals surface area contributed by atoms with Crippen LogP contribution in [0.15, 0.2) is 0 Å². The molecule has 0 radical (unpaired) electrons. The molecule has 0 nitrogen and oxygen atoms in total. The highest BCUT2D eigenvalue weighted by Gasteiger charge is 2.36. The van der Waals surface area contributed by atoms with E-state index in [0.717, 1.165) is 16.7 Å². The normalized spacial score (nSPS) is 30.2. The Balaban J connectivity index is 2.65. The van der Waals surface area contributed by atoms with Gasteiger partial charge in [0, 0.05) is 4.83 Å². The van der Waals surface area contributed by atoms with E-state index in [0.29, 0.717) is 5.41 Å². The molecule has 90 valence electrons. The molecule has 0 aromatic carbocycles. The molecule has 3 unspecified atom stereocenters. The summed E-state index contributed by atoms with van der Waals surface area (Å²) < 4.78 is 0. The minimum atomic E-state index is 0.491. The summed E-state index contributed by atoms with van der Waals surface area (Å²) in [5.41, 5.74) is 0.491. The summed E-state index contributed by atoms with van der Waals surface area (Å²) in [4.78, 5) is 0.757. The van der Waals surface area contributed by atoms with Crippen molar-refractivity contribution < 1.29 is 0 Å². The van der Waals surface area contributed by atoms with Gasteiger partial charge < -0.3 is 0 Å². The number of hydrogen-bond acceptors (Lipinski definition) is 0. The van der Waals surface area contributed by atoms with E-state index in [1.54, 1.807) is 0 Å². The summed E-state index contributed by atoms with van der Waals surface area (Å²) in [6.07, 6.45) is 8.44. The van der Waals surface area contributed by atoms with Gasteiger partial charge in [-0.1, -0.05) is 62.9 Å². The molecule has 0 spiro atoms. The number of halogens is 1. The zero-order valence-electron chi connectivity index (χ0n) is 10.9. The first-order valence-electron chi connectivity index (χ1n) is 6.61. The molecule has 0 saturated heterocycles. The van der Waals surface area contributed by atoms with Crippen molar-refractivity contribution >= 4 is 15.9 Å². The first-order valence-corrected chi connectivity index (χ1v) is 7.52. The highest BCUT2D eigenvalue weighted by Crippen LogP contribution is 2.45. The van der Waals surface area contributed by atoms with Crippen LogP contribution in [0.3, 0.4) is 0 Å². The molecule has 0 aliphatic heterocycles. The van der Waals surface area contributed by atoms with Gasteiger partial charge in [0.1, 0.15) is 0 Å². The predicted octanol–water partition coefficient (Wildman–Crippen LogP) is 5.40. The lowest BCUT2D eigenvalue weighted by Gasteiger charge is -2.42. The molecular weight excluding hydrogens is 248 g/mol. The third-order valence-electron chi connectivity index (χ3n) is 3.96. The molecule has 1 aliphatic rings. The summed E-state index contributed by atoms with van der Waals surface area (Å²) in [6.45, 7) is 9.55. The van der Waals surface area contributed by atoms with E-state index < -0.39 is 0 Å². The maximum Gasteiger partial charge on any atom is 0.0176 e. The Kier molecular flexibility index (Phi) is 5.15. The van der Waals surface area contributed by atoms with E-state index in [4.69, 9.17) is 0 Å². The standard InChI is InChI=1S/C14H27Br/c1-5-8-13(15)11-9-6-7-10-12(11)14(2,3)4/h11-13H,5-10H2,1-4H3. The summed E-state index contributed by atoms with van der Waals surface area (Å²) in [5, 5.41) is 0. The van der Waals surface area contributed by atoms with Crippen LogP contribution in [-0.4, -0.2) is 4.83 Å². The van der Waals surface area contributed by atoms with Gasteiger partial charge in [-0.3, -0.25) is 0 Å². The summed E-state index contributed by atoms with van der Waals surface area (Å²) in [6, 6.07) is 0. The molecule has 1 rings (SSSR count). The second kappa shape index (κ2) is 5.70. The topological polar surface area (TPSA) is 0 Å². The number of hydrogen-bond donors (Lipinski definition) is 0. The van der Waals surface area contributed by atoms with E-state index in [1.165, 1.54) is 38.5 Å². The predicted molar refractivity (Wildman–Crippen MR) is 72.5 cm³/mol. The maximum atomic E-state index is 3.93. The highest BCUT2D eigenvalue weighted by molar-refractivity contribution is 9.09. The largest absolute Gasteiger partial charge is 0.0888 e. The van der Waals surface area contributed by atoms with Crippen molar-refractivity contribution in [3.63, 3.8) is 0 Å². The van der Waals surface area contributed by atoms with Crippen molar-refractivity contribution in [2.75, 3.05) is 0 Å². The number of alkyl halides is 1. The Morgan fingerprint density at radius 3 is 2.33 bits per heavy atom. The fourth-order valence-electron chi connectivity index (χ4n) is 3.16. The lowest BCUT2D eigenvalue weighted by atomic mass is 9.65. The van der Waals surface area contributed by atoms with Gasteiger partial charge in [-0.25, -0.2) is 0 Å². The van der Waals surface area contributed by atoms with Crippen molar-refractivity contribution in [3.8, 4) is 0 Å². The second-order valence-electron chi connectivity index (χ2n) is 6.23. The summed E-state index contributed by atoms with van der Waals surface area (Å²) in [5.74, 6) is 1.83. The van der Waals surface area contributed by atoms with Gasteiger partial charge in [0.05, 0.1) is 0 Å². The van der Waals surface area contributed by atoms with E-state index >= 15 is 0 Å². The van der Waals surface area contributed by atoms with Crippen LogP contribution in [0, 0.1) is 17.3 Å². The Morgan fingerprint density at radius 1 is 1.20 bits per heavy atom. The van der Waals surface area contributed by atoms with E-state index in [-0.39, 0.29) is 0 Å². The second-order valence-corrected chi connectivity index (χ2v) is 7.40. The number of rotatable bonds is 3. The Morgan fingerprint density at radius 2 is 1.80 bits per heavy atom. The maximum absolute atomic E-state index is 3.93. The monoisotopic (exact) mass is 274 g/mol. The van der Waals surface area contributed by atoms with Crippen LogP contribution in [0.4, 0.5) is 0 Å². The Hall–Kier alpha value is 0.480. The van der Waals surface area contributed by atoms with Gasteiger partial charge in [0.15, 0.2) is 0 Å². The Bertz CT molecular complexity index is 180. The third-order valence-corrected chi connectivity index (χ3v) is 5.10. The Labute approximate surface area is 104 Å². The van der Waals surface area contributed by atoms with Crippen LogP contribution >= 0.6 is 15.9 Å². The van der Waals surface area contributed by atoms with Crippen molar-refractivity contribution in [1.82, 2.24) is 0 Å². The zero-order chi connectivity index (χ0) is 11.5. The van der Waals surface area contributed by atoms with Crippen molar-refractivity contribution in [2.24, 2.45) is 17.3 Å². The van der Waals surface area contributed by atoms with E-state index in [2.05, 4.69) is 43.6 Å². The molecule has 1 saturated carbocycles. The molecule has 1 heteroatoms. The van der Waals surface area contributed by atoms with Gasteiger partial charge in [-0.2, -0.15) is 0 Å². The van der Waals surface area contributed by atoms with Crippen LogP contribution in [-0.2, 0) is 0 Å². The molecule has 0 heterocycles. The van der Waals surface area contributed by atoms with Gasteiger partial charge in [0.25, 0.3) is 0 Å². The average Bonchev–Trinajstić information content (AvgIpc) is 2.17. The van der Waals surface area contributed by atoms with Crippen LogP contribution in [0.2, 0.25) is 0 Å². The van der Waals surface area contributed by atoms with Crippen molar-refractivity contribution in [2.45, 2.75) is 71.0 Å². The minimum absolute atomic E-state index is 0.491. The first-order chi connectivity index (χ1) is 6.96. The van der Waals surface area contributed by atoms with Gasteiger partial charge in [-0.05, 0) is 36.5 Å². The molecule has 0 amide bonds. The molecule has 1 aliphatic carbocycles. The SMILES string of the molecule is CCCC(Br)C1CCCCC1C(C)(C)C. The molecule has 3 atom stereocenters. The molecule has 0 N–H and O–H groups in total. The lowest BCUT2D eigenvalue weighted by Crippen LogP contribution is -2.35. The average molecular weight is 275 g/mol. The van der Waals surface area contributed by atoms with Gasteiger partial charge >= 0.3 is 0 Å². The molecule has 0 aromatic rings. The van der Waals surface area contributed by atoms with Gasteiger partial charge in [-0.15, -0.1) is 0 Å².